The van der Waals surface area contributed by atoms with Crippen LogP contribution >= 0.6 is 0 Å². The van der Waals surface area contributed by atoms with E-state index in [1.54, 1.807) is 63.5 Å². The first-order valence-corrected chi connectivity index (χ1v) is 23.4. The quantitative estimate of drug-likeness (QED) is 0.105. The fourth-order valence-electron chi connectivity index (χ4n) is 9.80. The largest absolute Gasteiger partial charge is 0.460 e. The number of nitrogens with one attached hydrogen (secondary N) is 3. The average molecular weight is 908 g/mol. The molecule has 67 heavy (non-hydrogen) atoms. The molecule has 0 radical (unpaired) electrons. The lowest BCUT2D eigenvalue weighted by molar-refractivity contribution is -0.157. The highest BCUT2D eigenvalue weighted by Crippen LogP contribution is 2.39. The van der Waals surface area contributed by atoms with Crippen molar-refractivity contribution >= 4 is 52.2 Å². The molecule has 2 fully saturated rings. The summed E-state index contributed by atoms with van der Waals surface area (Å²) in [6.45, 7) is 11.5. The molecular weight excluding hydrogens is 847 g/mol. The zero-order valence-electron chi connectivity index (χ0n) is 39.3. The van der Waals surface area contributed by atoms with Crippen LogP contribution in [0.25, 0.3) is 22.2 Å². The molecule has 13 heteroatoms. The van der Waals surface area contributed by atoms with Gasteiger partial charge in [-0.2, -0.15) is 0 Å². The van der Waals surface area contributed by atoms with Crippen LogP contribution in [0, 0.1) is 0 Å². The Morgan fingerprint density at radius 3 is 2.03 bits per heavy atom. The van der Waals surface area contributed by atoms with E-state index in [2.05, 4.69) is 21.7 Å². The minimum atomic E-state index is -1.01. The van der Waals surface area contributed by atoms with Gasteiger partial charge in [-0.15, -0.1) is 0 Å². The molecule has 0 unspecified atom stereocenters. The molecule has 4 aromatic carbocycles. The summed E-state index contributed by atoms with van der Waals surface area (Å²) in [5.41, 5.74) is 6.58. The predicted octanol–water partition coefficient (Wildman–Crippen LogP) is 8.75. The summed E-state index contributed by atoms with van der Waals surface area (Å²) in [7, 11) is 0. The van der Waals surface area contributed by atoms with Crippen LogP contribution in [0.1, 0.15) is 113 Å². The highest BCUT2D eigenvalue weighted by molar-refractivity contribution is 6.00. The van der Waals surface area contributed by atoms with Gasteiger partial charge in [0.15, 0.2) is 5.78 Å². The van der Waals surface area contributed by atoms with Gasteiger partial charge in [-0.05, 0) is 132 Å². The first-order chi connectivity index (χ1) is 31.9. The summed E-state index contributed by atoms with van der Waals surface area (Å²) in [4.78, 5) is 89.1. The molecule has 1 aromatic heterocycles. The molecule has 1 aliphatic carbocycles. The third-order valence-electron chi connectivity index (χ3n) is 12.7. The summed E-state index contributed by atoms with van der Waals surface area (Å²) in [6.07, 6.45) is 3.21. The Balaban J connectivity index is 0.944. The van der Waals surface area contributed by atoms with Gasteiger partial charge in [-0.1, -0.05) is 72.8 Å². The highest BCUT2D eigenvalue weighted by atomic mass is 16.6. The summed E-state index contributed by atoms with van der Waals surface area (Å²) in [5.74, 6) is -2.18. The van der Waals surface area contributed by atoms with E-state index < -0.39 is 47.3 Å². The van der Waals surface area contributed by atoms with Crippen molar-refractivity contribution in [2.45, 2.75) is 128 Å². The second kappa shape index (κ2) is 19.2. The lowest BCUT2D eigenvalue weighted by Gasteiger charge is -2.29. The van der Waals surface area contributed by atoms with Crippen molar-refractivity contribution in [3.8, 4) is 11.3 Å². The number of benzene rings is 4. The number of hydrogen-bond donors (Lipinski definition) is 3. The van der Waals surface area contributed by atoms with E-state index in [0.717, 1.165) is 51.7 Å². The Hall–Kier alpha value is -6.76. The maximum Gasteiger partial charge on any atom is 0.408 e. The van der Waals surface area contributed by atoms with Gasteiger partial charge < -0.3 is 34.9 Å². The number of fused-ring (bicyclic) bond motifs is 5. The Bertz CT molecular complexity index is 2680. The molecule has 0 spiro atoms. The highest BCUT2D eigenvalue weighted by Gasteiger charge is 2.40. The number of anilines is 1. The number of nitrogens with zero attached hydrogens (tertiary/aromatic N) is 2. The number of carbonyl (C=O) groups excluding carboxylic acids is 6. The fourth-order valence-corrected chi connectivity index (χ4v) is 9.80. The number of likely N-dealkylation sites (tertiary alicyclic amines) is 2. The van der Waals surface area contributed by atoms with E-state index in [9.17, 15) is 28.8 Å². The predicted molar refractivity (Wildman–Crippen MR) is 256 cm³/mol. The van der Waals surface area contributed by atoms with E-state index in [1.165, 1.54) is 0 Å². The number of ketones is 1. The number of carbonyl (C=O) groups is 6. The standard InChI is InChI=1S/C54H61N5O8/c1-53(2,3)66-46(61)32-40(34-15-9-7-10-16-34)50(63)59-28-14-20-44(59)49(62)55-37-23-25-38-36(31-37)22-24-39-41-29-33(21-26-42(41)56-48(38)39)30-45(60)43-19-13-27-58(43)51(64)47(35-17-11-8-12-18-35)57-52(65)67-54(4,5)6/h7-12,15-18,21,23,25-26,29,31,40,43-44,47,56H,13-14,19-20,22,24,27-28,30,32H2,1-6H3,(H,55,62)(H,57,65)/t40-,43-,44-,47-/m0/s1. The van der Waals surface area contributed by atoms with Crippen molar-refractivity contribution in [2.24, 2.45) is 0 Å². The summed E-state index contributed by atoms with van der Waals surface area (Å²) >= 11 is 0. The number of aryl methyl sites for hydroxylation is 2. The van der Waals surface area contributed by atoms with Crippen molar-refractivity contribution in [3.05, 3.63) is 125 Å². The smallest absolute Gasteiger partial charge is 0.408 e. The maximum atomic E-state index is 14.2. The van der Waals surface area contributed by atoms with Gasteiger partial charge in [0.1, 0.15) is 23.3 Å². The molecule has 4 atom stereocenters. The van der Waals surface area contributed by atoms with Crippen LogP contribution < -0.4 is 10.6 Å². The van der Waals surface area contributed by atoms with Crippen molar-refractivity contribution in [1.29, 1.82) is 0 Å². The van der Waals surface area contributed by atoms with E-state index in [0.29, 0.717) is 55.6 Å². The van der Waals surface area contributed by atoms with E-state index in [-0.39, 0.29) is 36.3 Å². The lowest BCUT2D eigenvalue weighted by atomic mass is 9.88. The van der Waals surface area contributed by atoms with Gasteiger partial charge in [0.2, 0.25) is 11.8 Å². The van der Waals surface area contributed by atoms with Crippen LogP contribution in [0.3, 0.4) is 0 Å². The molecule has 3 heterocycles. The van der Waals surface area contributed by atoms with Crippen molar-refractivity contribution in [1.82, 2.24) is 20.1 Å². The molecule has 5 aromatic rings. The number of hydrogen-bond acceptors (Lipinski definition) is 8. The maximum absolute atomic E-state index is 14.2. The Kier molecular flexibility index (Phi) is 13.4. The van der Waals surface area contributed by atoms with Crippen LogP contribution in [0.2, 0.25) is 0 Å². The van der Waals surface area contributed by atoms with E-state index in [4.69, 9.17) is 9.47 Å². The first-order valence-electron chi connectivity index (χ1n) is 23.4. The summed E-state index contributed by atoms with van der Waals surface area (Å²) in [6, 6.07) is 27.8. The van der Waals surface area contributed by atoms with Crippen LogP contribution in [-0.2, 0) is 52.7 Å². The van der Waals surface area contributed by atoms with Gasteiger partial charge in [-0.3, -0.25) is 24.0 Å². The number of aromatic amines is 1. The number of H-pyrrole nitrogens is 1. The van der Waals surface area contributed by atoms with Gasteiger partial charge in [0.25, 0.3) is 5.91 Å². The van der Waals surface area contributed by atoms with Gasteiger partial charge in [0, 0.05) is 47.4 Å². The molecule has 0 bridgehead atoms. The molecule has 2 saturated heterocycles. The molecule has 2 aliphatic heterocycles. The van der Waals surface area contributed by atoms with Gasteiger partial charge in [-0.25, -0.2) is 4.79 Å². The van der Waals surface area contributed by atoms with E-state index in [1.807, 2.05) is 78.9 Å². The molecule has 3 aliphatic rings. The summed E-state index contributed by atoms with van der Waals surface area (Å²) in [5, 5.41) is 6.90. The third-order valence-corrected chi connectivity index (χ3v) is 12.7. The molecular formula is C54H61N5O8. The number of amides is 4. The number of Topliss-reactive ketones (excluding diaryl/α,β-unsaturated/α-hetero) is 1. The first kappa shape index (κ1) is 46.8. The normalized spacial score (nSPS) is 17.8. The number of rotatable bonds is 12. The number of alkyl carbamates (subject to hydrolysis) is 1. The SMILES string of the molecule is CC(C)(C)OC(=O)C[C@H](C(=O)N1CCC[C@H]1C(=O)Nc1ccc2c(c1)CCc1c-2[nH]c2ccc(CC(=O)[C@@H]3CCCN3C(=O)[C@@H](NC(=O)OC(C)(C)C)c3ccccc3)cc12)c1ccccc1. The third kappa shape index (κ3) is 10.8. The zero-order valence-corrected chi connectivity index (χ0v) is 39.3. The van der Waals surface area contributed by atoms with Gasteiger partial charge in [0.05, 0.1) is 18.4 Å². The van der Waals surface area contributed by atoms with Crippen LogP contribution in [0.5, 0.6) is 0 Å². The zero-order chi connectivity index (χ0) is 47.6. The molecule has 0 saturated carbocycles. The second-order valence-corrected chi connectivity index (χ2v) is 20.0. The molecule has 3 N–H and O–H groups in total. The van der Waals surface area contributed by atoms with Crippen LogP contribution in [0.15, 0.2) is 97.1 Å². The lowest BCUT2D eigenvalue weighted by Crippen LogP contribution is -2.48. The minimum Gasteiger partial charge on any atom is -0.460 e. The topological polar surface area (TPSA) is 167 Å². The van der Waals surface area contributed by atoms with Crippen LogP contribution in [0.4, 0.5) is 10.5 Å². The summed E-state index contributed by atoms with van der Waals surface area (Å²) < 4.78 is 11.1. The molecule has 13 nitrogen and oxygen atoms in total. The molecule has 350 valence electrons. The Labute approximate surface area is 392 Å². The monoisotopic (exact) mass is 907 g/mol. The molecule has 8 rings (SSSR count). The second-order valence-electron chi connectivity index (χ2n) is 20.0. The fraction of sp³-hybridized carbons (Fsp3) is 0.407. The van der Waals surface area contributed by atoms with E-state index >= 15 is 0 Å². The Morgan fingerprint density at radius 2 is 1.36 bits per heavy atom. The Morgan fingerprint density at radius 1 is 0.716 bits per heavy atom. The number of ether oxygens (including phenoxy) is 2. The number of esters is 1. The van der Waals surface area contributed by atoms with Crippen molar-refractivity contribution in [2.75, 3.05) is 18.4 Å². The van der Waals surface area contributed by atoms with Crippen molar-refractivity contribution in [3.63, 3.8) is 0 Å². The minimum absolute atomic E-state index is 0.0551. The van der Waals surface area contributed by atoms with Crippen molar-refractivity contribution < 1.29 is 38.2 Å². The van der Waals surface area contributed by atoms with Gasteiger partial charge >= 0.3 is 12.1 Å². The average Bonchev–Trinajstić information content (AvgIpc) is 4.06. The number of aromatic nitrogens is 1. The molecule has 4 amide bonds. The van der Waals surface area contributed by atoms with Crippen LogP contribution in [-0.4, -0.2) is 86.7 Å².